The van der Waals surface area contributed by atoms with Crippen LogP contribution in [0, 0.1) is 5.41 Å². The molecule has 2 fully saturated rings. The average molecular weight is 592 g/mol. The van der Waals surface area contributed by atoms with E-state index in [1.807, 2.05) is 34.6 Å². The maximum absolute atomic E-state index is 12.3. The highest BCUT2D eigenvalue weighted by Crippen LogP contribution is 2.42. The normalized spacial score (nSPS) is 37.1. The lowest BCUT2D eigenvalue weighted by Crippen LogP contribution is -2.70. The van der Waals surface area contributed by atoms with Gasteiger partial charge in [-0.2, -0.15) is 0 Å². The lowest BCUT2D eigenvalue weighted by molar-refractivity contribution is -0.340. The summed E-state index contributed by atoms with van der Waals surface area (Å²) in [7, 11) is 0. The molecule has 0 aromatic carbocycles. The summed E-state index contributed by atoms with van der Waals surface area (Å²) in [6.45, 7) is 12.5. The highest BCUT2D eigenvalue weighted by molar-refractivity contribution is 5.74. The van der Waals surface area contributed by atoms with Crippen LogP contribution in [0.1, 0.15) is 93.4 Å². The van der Waals surface area contributed by atoms with Crippen LogP contribution in [-0.2, 0) is 28.5 Å². The molecule has 12 atom stereocenters. The number of carboxylic acid groups (broad SMARTS) is 1. The molecule has 0 saturated carbocycles. The number of hydrogen-bond acceptors (Lipinski definition) is 10. The van der Waals surface area contributed by atoms with Crippen molar-refractivity contribution in [2.45, 2.75) is 160 Å². The first-order chi connectivity index (χ1) is 19.2. The highest BCUT2D eigenvalue weighted by Gasteiger charge is 2.56. The number of aliphatic carboxylic acids is 1. The number of hydrogen-bond donors (Lipinski definition) is 6. The minimum Gasteiger partial charge on any atom is -0.479 e. The van der Waals surface area contributed by atoms with Crippen molar-refractivity contribution in [2.75, 3.05) is 6.61 Å². The van der Waals surface area contributed by atoms with Crippen molar-refractivity contribution in [1.82, 2.24) is 5.32 Å². The van der Waals surface area contributed by atoms with Crippen LogP contribution in [0.25, 0.3) is 0 Å². The van der Waals surface area contributed by atoms with Gasteiger partial charge in [0, 0.05) is 6.92 Å². The minimum atomic E-state index is -1.74. The van der Waals surface area contributed by atoms with Crippen molar-refractivity contribution in [1.29, 1.82) is 0 Å². The van der Waals surface area contributed by atoms with Gasteiger partial charge in [0.1, 0.15) is 36.6 Å². The summed E-state index contributed by atoms with van der Waals surface area (Å²) in [5, 5.41) is 56.2. The first-order valence-corrected chi connectivity index (χ1v) is 15.0. The molecule has 6 N–H and O–H groups in total. The molecule has 0 aliphatic carbocycles. The molecule has 12 nitrogen and oxygen atoms in total. The molecular weight excluding hydrogens is 538 g/mol. The Morgan fingerprint density at radius 3 is 2.05 bits per heavy atom. The Morgan fingerprint density at radius 2 is 1.56 bits per heavy atom. The maximum Gasteiger partial charge on any atom is 0.335 e. The van der Waals surface area contributed by atoms with E-state index in [1.165, 1.54) is 6.92 Å². The molecule has 0 radical (unpaired) electrons. The van der Waals surface area contributed by atoms with Crippen molar-refractivity contribution in [3.05, 3.63) is 0 Å². The number of carbonyl (C=O) groups is 2. The van der Waals surface area contributed by atoms with Crippen molar-refractivity contribution in [2.24, 2.45) is 5.41 Å². The Kier molecular flexibility index (Phi) is 13.4. The number of unbranched alkanes of at least 4 members (excludes halogenated alkanes) is 1. The quantitative estimate of drug-likeness (QED) is 0.162. The predicted molar refractivity (Wildman–Crippen MR) is 149 cm³/mol. The zero-order chi connectivity index (χ0) is 31.1. The van der Waals surface area contributed by atoms with Crippen LogP contribution in [0.3, 0.4) is 0 Å². The van der Waals surface area contributed by atoms with Gasteiger partial charge in [0.05, 0.1) is 24.4 Å². The lowest BCUT2D eigenvalue weighted by Gasteiger charge is -2.52. The molecule has 1 amide bonds. The van der Waals surface area contributed by atoms with Crippen LogP contribution in [0.5, 0.6) is 0 Å². The van der Waals surface area contributed by atoms with Gasteiger partial charge in [-0.3, -0.25) is 4.79 Å². The fraction of sp³-hybridized carbons (Fsp3) is 0.931. The summed E-state index contributed by atoms with van der Waals surface area (Å²) < 4.78 is 24.0. The third kappa shape index (κ3) is 8.38. The van der Waals surface area contributed by atoms with E-state index in [1.54, 1.807) is 0 Å². The molecular formula is C29H53NO11. The third-order valence-corrected chi connectivity index (χ3v) is 8.89. The van der Waals surface area contributed by atoms with Gasteiger partial charge >= 0.3 is 5.97 Å². The molecule has 2 aliphatic heterocycles. The molecule has 0 aromatic heterocycles. The molecule has 240 valence electrons. The average Bonchev–Trinajstić information content (AvgIpc) is 2.92. The van der Waals surface area contributed by atoms with E-state index in [0.717, 1.165) is 25.7 Å². The number of carbonyl (C=O) groups excluding carboxylic acids is 1. The van der Waals surface area contributed by atoms with Gasteiger partial charge in [-0.1, -0.05) is 53.9 Å². The molecule has 2 heterocycles. The smallest absolute Gasteiger partial charge is 0.335 e. The first-order valence-electron chi connectivity index (χ1n) is 15.0. The molecule has 41 heavy (non-hydrogen) atoms. The summed E-state index contributed by atoms with van der Waals surface area (Å²) in [6, 6.07) is -0.940. The molecule has 0 bridgehead atoms. The summed E-state index contributed by atoms with van der Waals surface area (Å²) >= 11 is 0. The van der Waals surface area contributed by atoms with Crippen molar-refractivity contribution >= 4 is 11.9 Å². The van der Waals surface area contributed by atoms with Crippen LogP contribution in [0.15, 0.2) is 0 Å². The van der Waals surface area contributed by atoms with E-state index >= 15 is 0 Å². The molecule has 2 rings (SSSR count). The Hall–Kier alpha value is -1.38. The Balaban J connectivity index is 2.46. The number of amides is 1. The van der Waals surface area contributed by atoms with Crippen molar-refractivity contribution in [3.8, 4) is 0 Å². The fourth-order valence-corrected chi connectivity index (χ4v) is 5.97. The third-order valence-electron chi connectivity index (χ3n) is 8.89. The van der Waals surface area contributed by atoms with E-state index in [-0.39, 0.29) is 0 Å². The van der Waals surface area contributed by atoms with Gasteiger partial charge < -0.3 is 49.8 Å². The maximum atomic E-state index is 12.3. The van der Waals surface area contributed by atoms with E-state index in [2.05, 4.69) is 12.2 Å². The predicted octanol–water partition coefficient (Wildman–Crippen LogP) is 1.49. The zero-order valence-electron chi connectivity index (χ0n) is 25.6. The lowest BCUT2D eigenvalue weighted by atomic mass is 9.71. The number of rotatable bonds is 15. The summed E-state index contributed by atoms with van der Waals surface area (Å²) in [5.41, 5.74) is -1.25. The SMILES string of the molecule is CCCCC(C)(CC)C1OC(CO)[C@@H](O)C(O[C@@H]2OC(C(=O)O)[C@@H](O[C@](C)(CC)CCC)C(O)C2O)C1NC(C)=O. The number of ether oxygens (including phenoxy) is 4. The zero-order valence-corrected chi connectivity index (χ0v) is 25.6. The number of aliphatic hydroxyl groups is 4. The topological polar surface area (TPSA) is 184 Å². The molecule has 8 unspecified atom stereocenters. The van der Waals surface area contributed by atoms with Crippen molar-refractivity contribution in [3.63, 3.8) is 0 Å². The van der Waals surface area contributed by atoms with Crippen LogP contribution in [0.4, 0.5) is 0 Å². The first kappa shape index (κ1) is 35.8. The van der Waals surface area contributed by atoms with Crippen LogP contribution < -0.4 is 5.32 Å². The second-order valence-electron chi connectivity index (χ2n) is 12.1. The standard InChI is InChI=1S/C29H53NO11/c1-8-12-14-28(6,10-3)25-18(30-16(5)32)22(19(33)17(15-31)38-25)39-27-21(35)20(34)23(24(40-27)26(36)37)41-29(7,11-4)13-9-2/h17-25,27,31,33-35H,8-15H2,1-7H3,(H,30,32)(H,36,37)/t17?,18?,19-,20?,21?,22?,23+,24?,25?,27-,28?,29-/m1/s1. The monoisotopic (exact) mass is 591 g/mol. The van der Waals surface area contributed by atoms with E-state index in [9.17, 15) is 35.1 Å². The number of aliphatic hydroxyl groups excluding tert-OH is 4. The second-order valence-corrected chi connectivity index (χ2v) is 12.1. The Bertz CT molecular complexity index is 846. The van der Waals surface area contributed by atoms with Gasteiger partial charge in [0.2, 0.25) is 5.91 Å². The van der Waals surface area contributed by atoms with Gasteiger partial charge in [-0.05, 0) is 38.0 Å². The highest BCUT2D eigenvalue weighted by atomic mass is 16.7. The van der Waals surface area contributed by atoms with E-state index in [4.69, 9.17) is 18.9 Å². The fourth-order valence-electron chi connectivity index (χ4n) is 5.97. The van der Waals surface area contributed by atoms with Gasteiger partial charge in [0.15, 0.2) is 12.4 Å². The van der Waals surface area contributed by atoms with Gasteiger partial charge in [0.25, 0.3) is 0 Å². The second kappa shape index (κ2) is 15.4. The van der Waals surface area contributed by atoms with Gasteiger partial charge in [-0.15, -0.1) is 0 Å². The van der Waals surface area contributed by atoms with Crippen molar-refractivity contribution < 1.29 is 54.1 Å². The Morgan fingerprint density at radius 1 is 0.902 bits per heavy atom. The molecule has 0 aromatic rings. The van der Waals surface area contributed by atoms with Crippen LogP contribution in [0.2, 0.25) is 0 Å². The molecule has 12 heteroatoms. The van der Waals surface area contributed by atoms with E-state index in [0.29, 0.717) is 19.3 Å². The summed E-state index contributed by atoms with van der Waals surface area (Å²) in [5.74, 6) is -1.84. The summed E-state index contributed by atoms with van der Waals surface area (Å²) in [4.78, 5) is 24.6. The minimum absolute atomic E-state index is 0.419. The van der Waals surface area contributed by atoms with Crippen LogP contribution in [-0.4, -0.2) is 111 Å². The Labute approximate surface area is 243 Å². The van der Waals surface area contributed by atoms with Gasteiger partial charge in [-0.25, -0.2) is 4.79 Å². The van der Waals surface area contributed by atoms with Crippen LogP contribution >= 0.6 is 0 Å². The molecule has 2 saturated heterocycles. The molecule has 2 aliphatic rings. The summed E-state index contributed by atoms with van der Waals surface area (Å²) in [6.07, 6.45) is -7.65. The number of carboxylic acids is 1. The largest absolute Gasteiger partial charge is 0.479 e. The number of nitrogens with one attached hydrogen (secondary N) is 1. The molecule has 0 spiro atoms. The van der Waals surface area contributed by atoms with E-state index < -0.39 is 90.7 Å².